The summed E-state index contributed by atoms with van der Waals surface area (Å²) >= 11 is 3.18. The van der Waals surface area contributed by atoms with Crippen LogP contribution in [0.5, 0.6) is 0 Å². The van der Waals surface area contributed by atoms with Gasteiger partial charge in [0.2, 0.25) is 0 Å². The van der Waals surface area contributed by atoms with E-state index in [0.29, 0.717) is 4.48 Å². The number of methoxy groups -OCH3 is 2. The first-order valence-electron chi connectivity index (χ1n) is 6.50. The Morgan fingerprint density at radius 3 is 2.18 bits per heavy atom. The van der Waals surface area contributed by atoms with E-state index >= 15 is 0 Å². The van der Waals surface area contributed by atoms with Crippen molar-refractivity contribution in [3.63, 3.8) is 0 Å². The summed E-state index contributed by atoms with van der Waals surface area (Å²) < 4.78 is 10.0. The van der Waals surface area contributed by atoms with Gasteiger partial charge in [0, 0.05) is 18.4 Å². The Morgan fingerprint density at radius 1 is 1.18 bits per heavy atom. The van der Waals surface area contributed by atoms with Crippen molar-refractivity contribution < 1.29 is 19.1 Å². The standard InChI is InChI=1S/C17H17BrO4/c1-13(18)12-17(15(19)21-2,16(20)22-3)11-7-10-14-8-5-4-6-9-14/h4-6,8-9H,1,11-12H2,2-3H3. The molecule has 0 amide bonds. The molecule has 0 spiro atoms. The van der Waals surface area contributed by atoms with Crippen LogP contribution in [0.25, 0.3) is 0 Å². The molecule has 0 saturated heterocycles. The molecule has 1 rings (SSSR count). The maximum Gasteiger partial charge on any atom is 0.324 e. The molecule has 0 aromatic heterocycles. The van der Waals surface area contributed by atoms with E-state index in [9.17, 15) is 9.59 Å². The molecule has 0 aliphatic carbocycles. The Morgan fingerprint density at radius 2 is 1.73 bits per heavy atom. The van der Waals surface area contributed by atoms with Crippen molar-refractivity contribution in [1.82, 2.24) is 0 Å². The van der Waals surface area contributed by atoms with Crippen LogP contribution in [-0.2, 0) is 19.1 Å². The van der Waals surface area contributed by atoms with E-state index in [2.05, 4.69) is 34.3 Å². The highest BCUT2D eigenvalue weighted by Gasteiger charge is 2.48. The van der Waals surface area contributed by atoms with Crippen molar-refractivity contribution in [1.29, 1.82) is 0 Å². The maximum atomic E-state index is 12.2. The van der Waals surface area contributed by atoms with Gasteiger partial charge in [-0.05, 0) is 16.6 Å². The van der Waals surface area contributed by atoms with Crippen LogP contribution in [-0.4, -0.2) is 26.2 Å². The fourth-order valence-corrected chi connectivity index (χ4v) is 2.45. The number of hydrogen-bond donors (Lipinski definition) is 0. The van der Waals surface area contributed by atoms with E-state index in [1.807, 2.05) is 30.3 Å². The van der Waals surface area contributed by atoms with Crippen LogP contribution in [0.1, 0.15) is 18.4 Å². The number of allylic oxidation sites excluding steroid dienone is 1. The molecule has 0 aliphatic heterocycles. The summed E-state index contributed by atoms with van der Waals surface area (Å²) in [4.78, 5) is 24.3. The summed E-state index contributed by atoms with van der Waals surface area (Å²) in [6, 6.07) is 9.28. The second-order valence-electron chi connectivity index (χ2n) is 4.60. The van der Waals surface area contributed by atoms with Crippen LogP contribution in [0.3, 0.4) is 0 Å². The van der Waals surface area contributed by atoms with Gasteiger partial charge in [-0.1, -0.05) is 52.5 Å². The lowest BCUT2D eigenvalue weighted by Crippen LogP contribution is -2.41. The number of rotatable bonds is 5. The molecule has 0 aliphatic rings. The fraction of sp³-hybridized carbons (Fsp3) is 0.294. The van der Waals surface area contributed by atoms with Gasteiger partial charge in [-0.15, -0.1) is 0 Å². The smallest absolute Gasteiger partial charge is 0.324 e. The summed E-state index contributed by atoms with van der Waals surface area (Å²) in [5.41, 5.74) is -0.727. The molecule has 116 valence electrons. The number of ether oxygens (including phenoxy) is 2. The lowest BCUT2D eigenvalue weighted by Gasteiger charge is -2.25. The first kappa shape index (κ1) is 18.0. The monoisotopic (exact) mass is 364 g/mol. The Bertz CT molecular complexity index is 595. The molecule has 0 fully saturated rings. The zero-order chi connectivity index (χ0) is 16.6. The third-order valence-electron chi connectivity index (χ3n) is 3.04. The van der Waals surface area contributed by atoms with Crippen LogP contribution < -0.4 is 0 Å². The molecule has 1 aromatic rings. The molecule has 0 saturated carbocycles. The van der Waals surface area contributed by atoms with Crippen molar-refractivity contribution in [3.8, 4) is 11.8 Å². The maximum absolute atomic E-state index is 12.2. The van der Waals surface area contributed by atoms with Crippen LogP contribution in [0.15, 0.2) is 41.4 Å². The highest BCUT2D eigenvalue weighted by Crippen LogP contribution is 2.34. The van der Waals surface area contributed by atoms with Crippen molar-refractivity contribution in [2.24, 2.45) is 5.41 Å². The minimum Gasteiger partial charge on any atom is -0.468 e. The van der Waals surface area contributed by atoms with Crippen LogP contribution >= 0.6 is 15.9 Å². The van der Waals surface area contributed by atoms with Crippen LogP contribution in [0, 0.1) is 17.3 Å². The van der Waals surface area contributed by atoms with Gasteiger partial charge in [-0.2, -0.15) is 0 Å². The van der Waals surface area contributed by atoms with E-state index in [-0.39, 0.29) is 12.8 Å². The Kier molecular flexibility index (Phi) is 6.87. The summed E-state index contributed by atoms with van der Waals surface area (Å²) in [7, 11) is 2.45. The number of halogens is 1. The van der Waals surface area contributed by atoms with Gasteiger partial charge in [-0.25, -0.2) is 0 Å². The number of esters is 2. The molecule has 1 aromatic carbocycles. The predicted molar refractivity (Wildman–Crippen MR) is 87.1 cm³/mol. The molecule has 22 heavy (non-hydrogen) atoms. The minimum absolute atomic E-state index is 0.0220. The largest absolute Gasteiger partial charge is 0.468 e. The van der Waals surface area contributed by atoms with E-state index in [1.54, 1.807) is 0 Å². The quantitative estimate of drug-likeness (QED) is 0.457. The molecule has 0 N–H and O–H groups in total. The van der Waals surface area contributed by atoms with Crippen molar-refractivity contribution in [3.05, 3.63) is 47.0 Å². The third kappa shape index (κ3) is 4.47. The number of carbonyl (C=O) groups is 2. The van der Waals surface area contributed by atoms with Gasteiger partial charge in [0.1, 0.15) is 0 Å². The van der Waals surface area contributed by atoms with Crippen molar-refractivity contribution in [2.45, 2.75) is 12.8 Å². The average molecular weight is 365 g/mol. The predicted octanol–water partition coefficient (Wildman–Crippen LogP) is 3.06. The number of carbonyl (C=O) groups excluding carboxylic acids is 2. The molecule has 5 heteroatoms. The second-order valence-corrected chi connectivity index (χ2v) is 5.73. The van der Waals surface area contributed by atoms with E-state index < -0.39 is 17.4 Å². The van der Waals surface area contributed by atoms with E-state index in [4.69, 9.17) is 9.47 Å². The fourth-order valence-electron chi connectivity index (χ4n) is 1.97. The molecule has 0 heterocycles. The topological polar surface area (TPSA) is 52.6 Å². The molecular weight excluding hydrogens is 348 g/mol. The van der Waals surface area contributed by atoms with Gasteiger partial charge in [0.25, 0.3) is 0 Å². The normalized spacial score (nSPS) is 10.1. The van der Waals surface area contributed by atoms with Crippen molar-refractivity contribution >= 4 is 27.9 Å². The summed E-state index contributed by atoms with van der Waals surface area (Å²) in [6.45, 7) is 3.69. The van der Waals surface area contributed by atoms with Crippen LogP contribution in [0.2, 0.25) is 0 Å². The zero-order valence-corrected chi connectivity index (χ0v) is 14.1. The lowest BCUT2D eigenvalue weighted by molar-refractivity contribution is -0.168. The van der Waals surface area contributed by atoms with Crippen LogP contribution in [0.4, 0.5) is 0 Å². The number of hydrogen-bond acceptors (Lipinski definition) is 4. The van der Waals surface area contributed by atoms with E-state index in [1.165, 1.54) is 14.2 Å². The minimum atomic E-state index is -1.52. The SMILES string of the molecule is C=C(Br)CC(CC#Cc1ccccc1)(C(=O)OC)C(=O)OC. The molecule has 0 radical (unpaired) electrons. The second kappa shape index (κ2) is 8.40. The highest BCUT2D eigenvalue weighted by molar-refractivity contribution is 9.11. The molecular formula is C17H17BrO4. The molecule has 0 bridgehead atoms. The van der Waals surface area contributed by atoms with E-state index in [0.717, 1.165) is 5.56 Å². The molecule has 0 unspecified atom stereocenters. The number of benzene rings is 1. The Balaban J connectivity index is 3.14. The highest BCUT2D eigenvalue weighted by atomic mass is 79.9. The van der Waals surface area contributed by atoms with Gasteiger partial charge in [0.15, 0.2) is 5.41 Å². The molecule has 0 atom stereocenters. The zero-order valence-electron chi connectivity index (χ0n) is 12.5. The van der Waals surface area contributed by atoms with Crippen molar-refractivity contribution in [2.75, 3.05) is 14.2 Å². The summed E-state index contributed by atoms with van der Waals surface area (Å²) in [6.07, 6.45) is 0.0294. The first-order valence-corrected chi connectivity index (χ1v) is 7.29. The Hall–Kier alpha value is -2.06. The summed E-state index contributed by atoms with van der Waals surface area (Å²) in [5, 5.41) is 0. The average Bonchev–Trinajstić information content (AvgIpc) is 2.52. The van der Waals surface area contributed by atoms with Gasteiger partial charge >= 0.3 is 11.9 Å². The lowest BCUT2D eigenvalue weighted by atomic mass is 9.81. The third-order valence-corrected chi connectivity index (χ3v) is 3.32. The first-order chi connectivity index (χ1) is 10.5. The Labute approximate surface area is 138 Å². The summed E-state index contributed by atoms with van der Waals surface area (Å²) in [5.74, 6) is 4.40. The van der Waals surface area contributed by atoms with Gasteiger partial charge < -0.3 is 9.47 Å². The molecule has 4 nitrogen and oxygen atoms in total. The van der Waals surface area contributed by atoms with Gasteiger partial charge in [0.05, 0.1) is 14.2 Å². The van der Waals surface area contributed by atoms with Gasteiger partial charge in [-0.3, -0.25) is 9.59 Å².